The molecule has 27 heavy (non-hydrogen) atoms. The normalized spacial score (nSPS) is 19.6. The number of fused-ring (bicyclic) bond motifs is 1. The third-order valence-corrected chi connectivity index (χ3v) is 5.25. The lowest BCUT2D eigenvalue weighted by atomic mass is 9.98. The maximum Gasteiger partial charge on any atom is 0.265 e. The van der Waals surface area contributed by atoms with Crippen LogP contribution in [0.3, 0.4) is 0 Å². The van der Waals surface area contributed by atoms with Gasteiger partial charge in [-0.1, -0.05) is 6.07 Å². The number of nitrogens with zero attached hydrogens (tertiary/aromatic N) is 4. The van der Waals surface area contributed by atoms with Gasteiger partial charge in [-0.3, -0.25) is 14.5 Å². The number of rotatable bonds is 4. The molecule has 0 unspecified atom stereocenters. The van der Waals surface area contributed by atoms with Gasteiger partial charge in [0, 0.05) is 32.0 Å². The number of hydrogen-bond acceptors (Lipinski definition) is 4. The zero-order chi connectivity index (χ0) is 18.8. The van der Waals surface area contributed by atoms with Gasteiger partial charge in [0.1, 0.15) is 12.3 Å². The van der Waals surface area contributed by atoms with E-state index in [1.165, 1.54) is 0 Å². The highest BCUT2D eigenvalue weighted by molar-refractivity contribution is 6.02. The number of piperidine rings is 1. The van der Waals surface area contributed by atoms with Crippen LogP contribution in [0.25, 0.3) is 0 Å². The molecule has 2 amide bonds. The van der Waals surface area contributed by atoms with Gasteiger partial charge in [0.2, 0.25) is 5.91 Å². The fraction of sp³-hybridized carbons (Fsp3) is 0.450. The van der Waals surface area contributed by atoms with Crippen LogP contribution in [0.2, 0.25) is 0 Å². The van der Waals surface area contributed by atoms with E-state index in [2.05, 4.69) is 9.55 Å². The van der Waals surface area contributed by atoms with Crippen molar-refractivity contribution in [3.05, 3.63) is 42.5 Å². The van der Waals surface area contributed by atoms with Gasteiger partial charge in [0.05, 0.1) is 12.0 Å². The number of ether oxygens (including phenoxy) is 1. The molecule has 2 aliphatic rings. The number of amides is 2. The summed E-state index contributed by atoms with van der Waals surface area (Å²) in [6.45, 7) is 4.34. The van der Waals surface area contributed by atoms with E-state index in [4.69, 9.17) is 4.74 Å². The van der Waals surface area contributed by atoms with E-state index in [0.29, 0.717) is 17.4 Å². The van der Waals surface area contributed by atoms with Crippen molar-refractivity contribution in [2.24, 2.45) is 5.92 Å². The van der Waals surface area contributed by atoms with E-state index < -0.39 is 0 Å². The largest absolute Gasteiger partial charge is 0.482 e. The van der Waals surface area contributed by atoms with Crippen molar-refractivity contribution >= 4 is 17.5 Å². The van der Waals surface area contributed by atoms with Gasteiger partial charge in [0.15, 0.2) is 6.61 Å². The van der Waals surface area contributed by atoms with Gasteiger partial charge in [-0.25, -0.2) is 4.98 Å². The molecule has 3 heterocycles. The molecular formula is C20H24N4O3. The van der Waals surface area contributed by atoms with Crippen LogP contribution in [0.5, 0.6) is 5.75 Å². The number of anilines is 1. The molecule has 1 aromatic carbocycles. The van der Waals surface area contributed by atoms with Crippen molar-refractivity contribution in [3.8, 4) is 5.75 Å². The molecule has 1 atom stereocenters. The van der Waals surface area contributed by atoms with E-state index in [1.807, 2.05) is 42.5 Å². The van der Waals surface area contributed by atoms with Gasteiger partial charge in [-0.05, 0) is 43.4 Å². The quantitative estimate of drug-likeness (QED) is 0.826. The van der Waals surface area contributed by atoms with Crippen LogP contribution >= 0.6 is 0 Å². The number of carbonyl (C=O) groups excluding carboxylic acids is 2. The summed E-state index contributed by atoms with van der Waals surface area (Å²) in [5.41, 5.74) is 1.72. The molecule has 2 aliphatic heterocycles. The van der Waals surface area contributed by atoms with Crippen LogP contribution in [0.1, 0.15) is 18.4 Å². The highest BCUT2D eigenvalue weighted by atomic mass is 16.5. The van der Waals surface area contributed by atoms with E-state index in [1.54, 1.807) is 11.1 Å². The maximum absolute atomic E-state index is 12.9. The maximum atomic E-state index is 12.9. The second-order valence-electron chi connectivity index (χ2n) is 7.35. The summed E-state index contributed by atoms with van der Waals surface area (Å²) in [7, 11) is 0. The Morgan fingerprint density at radius 2 is 2.26 bits per heavy atom. The second kappa shape index (κ2) is 7.42. The number of aryl methyl sites for hydroxylation is 1. The zero-order valence-corrected chi connectivity index (χ0v) is 15.5. The molecule has 7 nitrogen and oxygen atoms in total. The lowest BCUT2D eigenvalue weighted by Gasteiger charge is -2.35. The Labute approximate surface area is 158 Å². The minimum absolute atomic E-state index is 0.00645. The molecule has 0 radical (unpaired) electrons. The summed E-state index contributed by atoms with van der Waals surface area (Å²) in [5, 5.41) is 0. The molecule has 0 aliphatic carbocycles. The van der Waals surface area contributed by atoms with Crippen LogP contribution in [0.15, 0.2) is 36.9 Å². The van der Waals surface area contributed by atoms with Gasteiger partial charge in [-0.2, -0.15) is 0 Å². The molecule has 0 saturated carbocycles. The Morgan fingerprint density at radius 1 is 1.37 bits per heavy atom. The monoisotopic (exact) mass is 368 g/mol. The Bertz CT molecular complexity index is 834. The molecule has 0 spiro atoms. The summed E-state index contributed by atoms with van der Waals surface area (Å²) in [5.74, 6) is 0.887. The number of hydrogen-bond donors (Lipinski definition) is 0. The van der Waals surface area contributed by atoms with Crippen LogP contribution in [0, 0.1) is 12.8 Å². The molecule has 2 aromatic rings. The van der Waals surface area contributed by atoms with E-state index in [0.717, 1.165) is 38.0 Å². The summed E-state index contributed by atoms with van der Waals surface area (Å²) in [6, 6.07) is 5.70. The van der Waals surface area contributed by atoms with Crippen molar-refractivity contribution in [2.45, 2.75) is 26.3 Å². The number of likely N-dealkylation sites (tertiary alicyclic amines) is 1. The lowest BCUT2D eigenvalue weighted by Crippen LogP contribution is -2.49. The SMILES string of the molecule is Cc1ccc2c(c1)N(CC(=O)N1CCC[C@H](Cn3ccnc3)C1)C(=O)CO2. The molecule has 142 valence electrons. The van der Waals surface area contributed by atoms with Crippen molar-refractivity contribution in [2.75, 3.05) is 31.1 Å². The van der Waals surface area contributed by atoms with Crippen LogP contribution < -0.4 is 9.64 Å². The molecule has 7 heteroatoms. The van der Waals surface area contributed by atoms with E-state index in [-0.39, 0.29) is 25.0 Å². The standard InChI is InChI=1S/C20H24N4O3/c1-15-4-5-18-17(9-15)24(20(26)13-27-18)12-19(25)23-7-2-3-16(11-23)10-22-8-6-21-14-22/h4-6,8-9,14,16H,2-3,7,10-13H2,1H3/t16-/m1/s1. The molecule has 1 saturated heterocycles. The van der Waals surface area contributed by atoms with Crippen LogP contribution in [-0.4, -0.2) is 52.5 Å². The van der Waals surface area contributed by atoms with Crippen LogP contribution in [-0.2, 0) is 16.1 Å². The van der Waals surface area contributed by atoms with Gasteiger partial charge in [-0.15, -0.1) is 0 Å². The van der Waals surface area contributed by atoms with Gasteiger partial charge >= 0.3 is 0 Å². The number of benzene rings is 1. The minimum atomic E-state index is -0.173. The first kappa shape index (κ1) is 17.6. The van der Waals surface area contributed by atoms with E-state index >= 15 is 0 Å². The Kier molecular flexibility index (Phi) is 4.83. The fourth-order valence-electron chi connectivity index (χ4n) is 3.85. The molecule has 0 N–H and O–H groups in total. The van der Waals surface area contributed by atoms with Crippen molar-refractivity contribution in [1.82, 2.24) is 14.5 Å². The Morgan fingerprint density at radius 3 is 3.07 bits per heavy atom. The van der Waals surface area contributed by atoms with E-state index in [9.17, 15) is 9.59 Å². The average molecular weight is 368 g/mol. The summed E-state index contributed by atoms with van der Waals surface area (Å²) >= 11 is 0. The van der Waals surface area contributed by atoms with Crippen LogP contribution in [0.4, 0.5) is 5.69 Å². The third kappa shape index (κ3) is 3.82. The minimum Gasteiger partial charge on any atom is -0.482 e. The Balaban J connectivity index is 1.44. The topological polar surface area (TPSA) is 67.7 Å². The van der Waals surface area contributed by atoms with Gasteiger partial charge < -0.3 is 14.2 Å². The second-order valence-corrected chi connectivity index (χ2v) is 7.35. The van der Waals surface area contributed by atoms with Crippen molar-refractivity contribution < 1.29 is 14.3 Å². The molecule has 0 bridgehead atoms. The first-order valence-electron chi connectivity index (χ1n) is 9.37. The van der Waals surface area contributed by atoms with Gasteiger partial charge in [0.25, 0.3) is 5.91 Å². The first-order chi connectivity index (χ1) is 13.1. The number of carbonyl (C=O) groups is 2. The lowest BCUT2D eigenvalue weighted by molar-refractivity contribution is -0.133. The summed E-state index contributed by atoms with van der Waals surface area (Å²) < 4.78 is 7.56. The highest BCUT2D eigenvalue weighted by Gasteiger charge is 2.30. The molecule has 1 aromatic heterocycles. The third-order valence-electron chi connectivity index (χ3n) is 5.25. The molecule has 1 fully saturated rings. The first-order valence-corrected chi connectivity index (χ1v) is 9.37. The molecular weight excluding hydrogens is 344 g/mol. The Hall–Kier alpha value is -2.83. The smallest absolute Gasteiger partial charge is 0.265 e. The fourth-order valence-corrected chi connectivity index (χ4v) is 3.85. The average Bonchev–Trinajstić information content (AvgIpc) is 3.17. The van der Waals surface area contributed by atoms with Crippen molar-refractivity contribution in [1.29, 1.82) is 0 Å². The predicted molar refractivity (Wildman–Crippen MR) is 101 cm³/mol. The molecule has 4 rings (SSSR count). The summed E-state index contributed by atoms with van der Waals surface area (Å²) in [4.78, 5) is 32.8. The zero-order valence-electron chi connectivity index (χ0n) is 15.5. The number of aromatic nitrogens is 2. The number of imidazole rings is 1. The predicted octanol–water partition coefficient (Wildman–Crippen LogP) is 1.86. The highest BCUT2D eigenvalue weighted by Crippen LogP contribution is 2.33. The van der Waals surface area contributed by atoms with Crippen molar-refractivity contribution in [3.63, 3.8) is 0 Å². The summed E-state index contributed by atoms with van der Waals surface area (Å²) in [6.07, 6.45) is 7.62.